The molecule has 0 bridgehead atoms. The van der Waals surface area contributed by atoms with Crippen molar-refractivity contribution in [1.29, 1.82) is 0 Å². The number of aliphatic hydroxyl groups is 1. The lowest BCUT2D eigenvalue weighted by molar-refractivity contribution is 0.0696. The van der Waals surface area contributed by atoms with Gasteiger partial charge in [0, 0.05) is 37.6 Å². The molecule has 2 aliphatic rings. The molecule has 1 aromatic heterocycles. The second kappa shape index (κ2) is 8.15. The zero-order valence-electron chi connectivity index (χ0n) is 12.6. The molecule has 5 nitrogen and oxygen atoms in total. The number of piperazine rings is 1. The van der Waals surface area contributed by atoms with E-state index in [1.54, 1.807) is 11.3 Å². The van der Waals surface area contributed by atoms with Gasteiger partial charge < -0.3 is 15.3 Å². The molecule has 2 fully saturated rings. The Bertz CT molecular complexity index is 459. The molecule has 1 aliphatic heterocycles. The summed E-state index contributed by atoms with van der Waals surface area (Å²) in [6.07, 6.45) is 2.17. The zero-order valence-corrected chi connectivity index (χ0v) is 14.2. The van der Waals surface area contributed by atoms with Crippen LogP contribution < -0.4 is 5.32 Å². The molecule has 2 heterocycles. The van der Waals surface area contributed by atoms with Crippen LogP contribution >= 0.6 is 23.7 Å². The standard InChI is InChI=1S/C15H23N3O2S.ClH/c19-14(12-3-4-12)11-17-5-7-18(8-6-17)15(20)16-10-13-2-1-9-21-13;/h1-2,9,12,14,19H,3-8,10-11H2,(H,16,20);1H. The van der Waals surface area contributed by atoms with E-state index in [0.717, 1.165) is 32.7 Å². The lowest BCUT2D eigenvalue weighted by Gasteiger charge is -2.35. The molecule has 7 heteroatoms. The molecule has 3 rings (SSSR count). The summed E-state index contributed by atoms with van der Waals surface area (Å²) >= 11 is 1.66. The minimum atomic E-state index is -0.177. The molecule has 2 amide bonds. The Hall–Kier alpha value is -0.820. The highest BCUT2D eigenvalue weighted by atomic mass is 35.5. The second-order valence-corrected chi connectivity index (χ2v) is 6.96. The number of thiophene rings is 1. The lowest BCUT2D eigenvalue weighted by Crippen LogP contribution is -2.53. The van der Waals surface area contributed by atoms with E-state index in [4.69, 9.17) is 0 Å². The highest BCUT2D eigenvalue weighted by Crippen LogP contribution is 2.32. The van der Waals surface area contributed by atoms with Crippen molar-refractivity contribution in [2.24, 2.45) is 5.92 Å². The van der Waals surface area contributed by atoms with Crippen LogP contribution in [0.3, 0.4) is 0 Å². The van der Waals surface area contributed by atoms with Gasteiger partial charge >= 0.3 is 6.03 Å². The minimum Gasteiger partial charge on any atom is -0.392 e. The molecular weight excluding hydrogens is 322 g/mol. The Morgan fingerprint density at radius 2 is 2.09 bits per heavy atom. The molecular formula is C15H24ClN3O2S. The predicted molar refractivity (Wildman–Crippen MR) is 90.5 cm³/mol. The number of hydrogen-bond donors (Lipinski definition) is 2. The summed E-state index contributed by atoms with van der Waals surface area (Å²) in [5.41, 5.74) is 0. The minimum absolute atomic E-state index is 0. The number of amides is 2. The van der Waals surface area contributed by atoms with E-state index in [1.807, 2.05) is 22.4 Å². The van der Waals surface area contributed by atoms with Gasteiger partial charge in [-0.3, -0.25) is 4.90 Å². The smallest absolute Gasteiger partial charge is 0.317 e. The Balaban J connectivity index is 0.00000176. The topological polar surface area (TPSA) is 55.8 Å². The first-order valence-electron chi connectivity index (χ1n) is 7.68. The van der Waals surface area contributed by atoms with Crippen molar-refractivity contribution in [3.05, 3.63) is 22.4 Å². The van der Waals surface area contributed by atoms with E-state index in [0.29, 0.717) is 12.5 Å². The predicted octanol–water partition coefficient (Wildman–Crippen LogP) is 1.77. The van der Waals surface area contributed by atoms with Crippen LogP contribution in [0.2, 0.25) is 0 Å². The Kier molecular flexibility index (Phi) is 6.50. The molecule has 0 radical (unpaired) electrons. The van der Waals surface area contributed by atoms with Crippen LogP contribution in [0.4, 0.5) is 4.79 Å². The fourth-order valence-electron chi connectivity index (χ4n) is 2.72. The molecule has 2 N–H and O–H groups in total. The van der Waals surface area contributed by atoms with Crippen LogP contribution in [0, 0.1) is 5.92 Å². The van der Waals surface area contributed by atoms with Gasteiger partial charge in [-0.15, -0.1) is 23.7 Å². The van der Waals surface area contributed by atoms with Crippen LogP contribution in [0.1, 0.15) is 17.7 Å². The molecule has 1 unspecified atom stereocenters. The quantitative estimate of drug-likeness (QED) is 0.855. The van der Waals surface area contributed by atoms with Gasteiger partial charge in [0.1, 0.15) is 0 Å². The van der Waals surface area contributed by atoms with Crippen LogP contribution in [0.25, 0.3) is 0 Å². The van der Waals surface area contributed by atoms with Gasteiger partial charge in [-0.05, 0) is 30.2 Å². The fraction of sp³-hybridized carbons (Fsp3) is 0.667. The number of carbonyl (C=O) groups excluding carboxylic acids is 1. The summed E-state index contributed by atoms with van der Waals surface area (Å²) in [4.78, 5) is 17.4. The monoisotopic (exact) mass is 345 g/mol. The highest BCUT2D eigenvalue weighted by molar-refractivity contribution is 7.09. The summed E-state index contributed by atoms with van der Waals surface area (Å²) in [5.74, 6) is 0.525. The molecule has 1 aromatic rings. The third kappa shape index (κ3) is 4.84. The van der Waals surface area contributed by atoms with E-state index >= 15 is 0 Å². The molecule has 124 valence electrons. The fourth-order valence-corrected chi connectivity index (χ4v) is 3.36. The van der Waals surface area contributed by atoms with Crippen molar-refractivity contribution in [2.45, 2.75) is 25.5 Å². The summed E-state index contributed by atoms with van der Waals surface area (Å²) in [7, 11) is 0. The van der Waals surface area contributed by atoms with E-state index in [9.17, 15) is 9.90 Å². The third-order valence-electron chi connectivity index (χ3n) is 4.26. The van der Waals surface area contributed by atoms with Crippen LogP contribution in [0.15, 0.2) is 17.5 Å². The van der Waals surface area contributed by atoms with Gasteiger partial charge in [0.05, 0.1) is 12.6 Å². The first-order chi connectivity index (χ1) is 10.2. The van der Waals surface area contributed by atoms with E-state index < -0.39 is 0 Å². The summed E-state index contributed by atoms with van der Waals surface area (Å²) in [6, 6.07) is 4.05. The number of carbonyl (C=O) groups is 1. The van der Waals surface area contributed by atoms with Crippen molar-refractivity contribution in [1.82, 2.24) is 15.1 Å². The van der Waals surface area contributed by atoms with Crippen molar-refractivity contribution >= 4 is 29.8 Å². The van der Waals surface area contributed by atoms with Gasteiger partial charge in [0.2, 0.25) is 0 Å². The number of halogens is 1. The number of nitrogens with zero attached hydrogens (tertiary/aromatic N) is 2. The van der Waals surface area contributed by atoms with Crippen molar-refractivity contribution in [3.8, 4) is 0 Å². The van der Waals surface area contributed by atoms with Crippen LogP contribution in [-0.4, -0.2) is 59.8 Å². The number of rotatable bonds is 5. The molecule has 0 spiro atoms. The summed E-state index contributed by atoms with van der Waals surface area (Å²) in [6.45, 7) is 4.57. The molecule has 22 heavy (non-hydrogen) atoms. The Morgan fingerprint density at radius 3 is 2.68 bits per heavy atom. The number of hydrogen-bond acceptors (Lipinski definition) is 4. The number of urea groups is 1. The van der Waals surface area contributed by atoms with E-state index in [1.165, 1.54) is 17.7 Å². The second-order valence-electron chi connectivity index (χ2n) is 5.93. The lowest BCUT2D eigenvalue weighted by atomic mass is 10.2. The molecule has 1 saturated heterocycles. The third-order valence-corrected chi connectivity index (χ3v) is 5.14. The van der Waals surface area contributed by atoms with E-state index in [2.05, 4.69) is 10.2 Å². The molecule has 1 atom stereocenters. The van der Waals surface area contributed by atoms with Gasteiger partial charge in [0.25, 0.3) is 0 Å². The largest absolute Gasteiger partial charge is 0.392 e. The Labute approximate surface area is 141 Å². The number of β-amino-alcohol motifs (C(OH)–C–C–N with tert-alkyl or cyclic N) is 1. The average Bonchev–Trinajstić information content (AvgIpc) is 3.23. The molecule has 1 saturated carbocycles. The van der Waals surface area contributed by atoms with Gasteiger partial charge in [-0.2, -0.15) is 0 Å². The van der Waals surface area contributed by atoms with Crippen molar-refractivity contribution in [2.75, 3.05) is 32.7 Å². The maximum Gasteiger partial charge on any atom is 0.317 e. The number of nitrogens with one attached hydrogen (secondary N) is 1. The van der Waals surface area contributed by atoms with Gasteiger partial charge in [-0.25, -0.2) is 4.79 Å². The van der Waals surface area contributed by atoms with Crippen molar-refractivity contribution < 1.29 is 9.90 Å². The zero-order chi connectivity index (χ0) is 14.7. The first kappa shape index (κ1) is 17.5. The van der Waals surface area contributed by atoms with Gasteiger partial charge in [-0.1, -0.05) is 6.07 Å². The Morgan fingerprint density at radius 1 is 1.36 bits per heavy atom. The van der Waals surface area contributed by atoms with Crippen molar-refractivity contribution in [3.63, 3.8) is 0 Å². The average molecular weight is 346 g/mol. The van der Waals surface area contributed by atoms with Gasteiger partial charge in [0.15, 0.2) is 0 Å². The first-order valence-corrected chi connectivity index (χ1v) is 8.56. The maximum absolute atomic E-state index is 12.1. The summed E-state index contributed by atoms with van der Waals surface area (Å²) in [5, 5.41) is 15.0. The van der Waals surface area contributed by atoms with Crippen LogP contribution in [-0.2, 0) is 6.54 Å². The number of aliphatic hydroxyl groups excluding tert-OH is 1. The normalized spacial score (nSPS) is 20.3. The SMILES string of the molecule is Cl.O=C(NCc1cccs1)N1CCN(CC(O)C2CC2)CC1. The maximum atomic E-state index is 12.1. The molecule has 0 aromatic carbocycles. The van der Waals surface area contributed by atoms with E-state index in [-0.39, 0.29) is 24.5 Å². The summed E-state index contributed by atoms with van der Waals surface area (Å²) < 4.78 is 0. The van der Waals surface area contributed by atoms with Crippen LogP contribution in [0.5, 0.6) is 0 Å². The highest BCUT2D eigenvalue weighted by Gasteiger charge is 2.32. The molecule has 1 aliphatic carbocycles.